The van der Waals surface area contributed by atoms with Gasteiger partial charge in [0.25, 0.3) is 15.9 Å². The Kier molecular flexibility index (Phi) is 5.35. The highest BCUT2D eigenvalue weighted by Crippen LogP contribution is 2.19. The molecule has 1 saturated heterocycles. The first-order chi connectivity index (χ1) is 12.5. The number of carbonyl (C=O) groups excluding carboxylic acids is 2. The Balaban J connectivity index is 1.63. The Hall–Kier alpha value is -2.69. The van der Waals surface area contributed by atoms with Crippen molar-refractivity contribution < 1.29 is 27.2 Å². The van der Waals surface area contributed by atoms with Crippen LogP contribution in [0.2, 0.25) is 0 Å². The van der Waals surface area contributed by atoms with E-state index in [9.17, 15) is 18.0 Å². The number of nitrogens with zero attached hydrogens (tertiary/aromatic N) is 1. The summed E-state index contributed by atoms with van der Waals surface area (Å²) in [7, 11) is -3.83. The van der Waals surface area contributed by atoms with Crippen LogP contribution in [0, 0.1) is 0 Å². The normalized spacial score (nSPS) is 15.4. The SMILES string of the molecule is O=C(NNC(=O)c1ccc(S(=O)(=O)N2CCOCC2)o1)c1ccccc1. The highest BCUT2D eigenvalue weighted by molar-refractivity contribution is 7.89. The molecule has 3 rings (SSSR count). The molecule has 9 nitrogen and oxygen atoms in total. The topological polar surface area (TPSA) is 118 Å². The predicted octanol–water partition coefficient (Wildman–Crippen LogP) is 0.375. The van der Waals surface area contributed by atoms with Gasteiger partial charge >= 0.3 is 5.91 Å². The Labute approximate surface area is 149 Å². The summed E-state index contributed by atoms with van der Waals surface area (Å²) in [5.41, 5.74) is 4.78. The number of hydrogen-bond donors (Lipinski definition) is 2. The van der Waals surface area contributed by atoms with Crippen molar-refractivity contribution in [3.8, 4) is 0 Å². The van der Waals surface area contributed by atoms with E-state index >= 15 is 0 Å². The van der Waals surface area contributed by atoms with Crippen molar-refractivity contribution in [1.82, 2.24) is 15.2 Å². The van der Waals surface area contributed by atoms with Gasteiger partial charge in [0.15, 0.2) is 5.76 Å². The number of ether oxygens (including phenoxy) is 1. The van der Waals surface area contributed by atoms with E-state index in [0.29, 0.717) is 18.8 Å². The molecule has 1 aliphatic heterocycles. The highest BCUT2D eigenvalue weighted by atomic mass is 32.2. The second kappa shape index (κ2) is 7.68. The Morgan fingerprint density at radius 1 is 0.923 bits per heavy atom. The first-order valence-corrected chi connectivity index (χ1v) is 9.26. The van der Waals surface area contributed by atoms with E-state index in [1.165, 1.54) is 16.4 Å². The molecule has 2 heterocycles. The third-order valence-corrected chi connectivity index (χ3v) is 5.47. The monoisotopic (exact) mass is 379 g/mol. The quantitative estimate of drug-likeness (QED) is 0.742. The first kappa shape index (κ1) is 18.1. The van der Waals surface area contributed by atoms with E-state index in [2.05, 4.69) is 10.9 Å². The van der Waals surface area contributed by atoms with Gasteiger partial charge in [-0.3, -0.25) is 20.4 Å². The van der Waals surface area contributed by atoms with Gasteiger partial charge in [-0.1, -0.05) is 18.2 Å². The summed E-state index contributed by atoms with van der Waals surface area (Å²) in [6.45, 7) is 1.05. The summed E-state index contributed by atoms with van der Waals surface area (Å²) in [5, 5.41) is -0.334. The Bertz CT molecular complexity index is 888. The Morgan fingerprint density at radius 3 is 2.27 bits per heavy atom. The molecular formula is C16H17N3O6S. The number of hydrazine groups is 1. The maximum absolute atomic E-state index is 12.4. The van der Waals surface area contributed by atoms with E-state index < -0.39 is 21.8 Å². The van der Waals surface area contributed by atoms with Crippen LogP contribution in [-0.2, 0) is 14.8 Å². The summed E-state index contributed by atoms with van der Waals surface area (Å²) in [6.07, 6.45) is 0. The van der Waals surface area contributed by atoms with Gasteiger partial charge in [0.1, 0.15) is 0 Å². The van der Waals surface area contributed by atoms with E-state index in [1.807, 2.05) is 0 Å². The minimum absolute atomic E-state index is 0.220. The molecule has 0 bridgehead atoms. The molecule has 26 heavy (non-hydrogen) atoms. The van der Waals surface area contributed by atoms with E-state index in [0.717, 1.165) is 0 Å². The molecule has 1 fully saturated rings. The average Bonchev–Trinajstić information content (AvgIpc) is 3.18. The maximum atomic E-state index is 12.4. The summed E-state index contributed by atoms with van der Waals surface area (Å²) in [4.78, 5) is 23.9. The first-order valence-electron chi connectivity index (χ1n) is 7.82. The molecule has 0 atom stereocenters. The lowest BCUT2D eigenvalue weighted by Crippen LogP contribution is -2.41. The number of sulfonamides is 1. The second-order valence-electron chi connectivity index (χ2n) is 5.41. The molecule has 0 saturated carbocycles. The van der Waals surface area contributed by atoms with Crippen LogP contribution >= 0.6 is 0 Å². The van der Waals surface area contributed by atoms with Crippen molar-refractivity contribution in [3.05, 3.63) is 53.8 Å². The molecule has 1 aliphatic rings. The molecule has 1 aromatic heterocycles. The lowest BCUT2D eigenvalue weighted by Gasteiger charge is -2.24. The summed E-state index contributed by atoms with van der Waals surface area (Å²) >= 11 is 0. The molecule has 2 aromatic rings. The van der Waals surface area contributed by atoms with Crippen LogP contribution in [0.1, 0.15) is 20.9 Å². The number of amides is 2. The third kappa shape index (κ3) is 3.93. The van der Waals surface area contributed by atoms with Gasteiger partial charge in [-0.25, -0.2) is 8.42 Å². The summed E-state index contributed by atoms with van der Waals surface area (Å²) < 4.78 is 36.4. The molecule has 138 valence electrons. The van der Waals surface area contributed by atoms with E-state index in [-0.39, 0.29) is 23.9 Å². The van der Waals surface area contributed by atoms with Crippen molar-refractivity contribution in [1.29, 1.82) is 0 Å². The van der Waals surface area contributed by atoms with Gasteiger partial charge in [0.05, 0.1) is 13.2 Å². The number of carbonyl (C=O) groups is 2. The lowest BCUT2D eigenvalue weighted by molar-refractivity contribution is 0.0722. The third-order valence-electron chi connectivity index (χ3n) is 3.69. The van der Waals surface area contributed by atoms with Crippen molar-refractivity contribution >= 4 is 21.8 Å². The minimum Gasteiger partial charge on any atom is -0.438 e. The molecular weight excluding hydrogens is 362 g/mol. The standard InChI is InChI=1S/C16H17N3O6S/c20-15(12-4-2-1-3-5-12)17-18-16(21)13-6-7-14(25-13)26(22,23)19-8-10-24-11-9-19/h1-7H,8-11H2,(H,17,20)(H,18,21). The zero-order chi connectivity index (χ0) is 18.6. The average molecular weight is 379 g/mol. The number of nitrogens with one attached hydrogen (secondary N) is 2. The molecule has 2 amide bonds. The van der Waals surface area contributed by atoms with Gasteiger partial charge < -0.3 is 9.15 Å². The molecule has 10 heteroatoms. The largest absolute Gasteiger partial charge is 0.438 e. The van der Waals surface area contributed by atoms with Crippen LogP contribution in [0.3, 0.4) is 0 Å². The van der Waals surface area contributed by atoms with Gasteiger partial charge in [-0.05, 0) is 24.3 Å². The maximum Gasteiger partial charge on any atom is 0.305 e. The Morgan fingerprint density at radius 2 is 1.58 bits per heavy atom. The van der Waals surface area contributed by atoms with Crippen LogP contribution < -0.4 is 10.9 Å². The van der Waals surface area contributed by atoms with Crippen molar-refractivity contribution in [2.75, 3.05) is 26.3 Å². The molecule has 0 aliphatic carbocycles. The molecule has 0 radical (unpaired) electrons. The number of rotatable bonds is 4. The summed E-state index contributed by atoms with van der Waals surface area (Å²) in [5.74, 6) is -1.51. The smallest absolute Gasteiger partial charge is 0.305 e. The van der Waals surface area contributed by atoms with Crippen molar-refractivity contribution in [3.63, 3.8) is 0 Å². The van der Waals surface area contributed by atoms with Crippen LogP contribution in [0.25, 0.3) is 0 Å². The van der Waals surface area contributed by atoms with E-state index in [1.54, 1.807) is 30.3 Å². The fraction of sp³-hybridized carbons (Fsp3) is 0.250. The highest BCUT2D eigenvalue weighted by Gasteiger charge is 2.30. The zero-order valence-corrected chi connectivity index (χ0v) is 14.5. The number of furan rings is 1. The van der Waals surface area contributed by atoms with Crippen molar-refractivity contribution in [2.24, 2.45) is 0 Å². The van der Waals surface area contributed by atoms with Crippen molar-refractivity contribution in [2.45, 2.75) is 5.09 Å². The van der Waals surface area contributed by atoms with Gasteiger partial charge in [-0.2, -0.15) is 4.31 Å². The van der Waals surface area contributed by atoms with E-state index in [4.69, 9.17) is 9.15 Å². The van der Waals surface area contributed by atoms with Crippen LogP contribution in [-0.4, -0.2) is 50.8 Å². The molecule has 0 spiro atoms. The fourth-order valence-corrected chi connectivity index (χ4v) is 3.65. The molecule has 1 aromatic carbocycles. The van der Waals surface area contributed by atoms with Crippen LogP contribution in [0.15, 0.2) is 52.0 Å². The molecule has 0 unspecified atom stereocenters. The van der Waals surface area contributed by atoms with Crippen LogP contribution in [0.5, 0.6) is 0 Å². The number of benzene rings is 1. The molecule has 2 N–H and O–H groups in total. The van der Waals surface area contributed by atoms with Gasteiger partial charge in [0.2, 0.25) is 5.09 Å². The number of morpholine rings is 1. The second-order valence-corrected chi connectivity index (χ2v) is 7.28. The van der Waals surface area contributed by atoms with Gasteiger partial charge in [-0.15, -0.1) is 0 Å². The zero-order valence-electron chi connectivity index (χ0n) is 13.7. The summed E-state index contributed by atoms with van der Waals surface area (Å²) in [6, 6.07) is 10.7. The van der Waals surface area contributed by atoms with Crippen LogP contribution in [0.4, 0.5) is 0 Å². The minimum atomic E-state index is -3.83. The lowest BCUT2D eigenvalue weighted by atomic mass is 10.2. The fourth-order valence-electron chi connectivity index (χ4n) is 2.33. The predicted molar refractivity (Wildman–Crippen MR) is 89.7 cm³/mol. The number of hydrogen-bond acceptors (Lipinski definition) is 6. The van der Waals surface area contributed by atoms with Gasteiger partial charge in [0, 0.05) is 18.7 Å².